The Labute approximate surface area is 169 Å². The van der Waals surface area contributed by atoms with Gasteiger partial charge in [-0.25, -0.2) is 0 Å². The predicted molar refractivity (Wildman–Crippen MR) is 109 cm³/mol. The van der Waals surface area contributed by atoms with E-state index in [0.717, 1.165) is 5.56 Å². The second-order valence-corrected chi connectivity index (χ2v) is 7.45. The molecule has 150 valence electrons. The number of nitrogens with one attached hydrogen (secondary N) is 2. The van der Waals surface area contributed by atoms with Gasteiger partial charge >= 0.3 is 5.97 Å². The molecular formula is C21H26N2O4S. The summed E-state index contributed by atoms with van der Waals surface area (Å²) in [5, 5.41) is 8.91. The third kappa shape index (κ3) is 7.52. The second-order valence-electron chi connectivity index (χ2n) is 6.67. The summed E-state index contributed by atoms with van der Waals surface area (Å²) in [6, 6.07) is 10.0. The molecule has 0 bridgehead atoms. The molecule has 1 aromatic heterocycles. The molecule has 2 aromatic rings. The first-order chi connectivity index (χ1) is 13.5. The van der Waals surface area contributed by atoms with Crippen molar-refractivity contribution in [1.29, 1.82) is 0 Å². The van der Waals surface area contributed by atoms with Gasteiger partial charge in [-0.3, -0.25) is 14.4 Å². The number of rotatable bonds is 10. The summed E-state index contributed by atoms with van der Waals surface area (Å²) in [5.74, 6) is -0.597. The Kier molecular flexibility index (Phi) is 8.68. The van der Waals surface area contributed by atoms with Crippen LogP contribution in [0.2, 0.25) is 0 Å². The van der Waals surface area contributed by atoms with E-state index >= 15 is 0 Å². The van der Waals surface area contributed by atoms with Crippen molar-refractivity contribution in [1.82, 2.24) is 10.6 Å². The SMILES string of the molecule is CC(C)c1ccc(CCNC(=O)COC(=O)CCNC(=O)c2ccsc2)cc1. The average molecular weight is 403 g/mol. The summed E-state index contributed by atoms with van der Waals surface area (Å²) in [6.07, 6.45) is 0.734. The summed E-state index contributed by atoms with van der Waals surface area (Å²) in [5.41, 5.74) is 2.99. The van der Waals surface area contributed by atoms with Crippen molar-refractivity contribution in [3.8, 4) is 0 Å². The fourth-order valence-electron chi connectivity index (χ4n) is 2.46. The molecule has 1 heterocycles. The van der Waals surface area contributed by atoms with E-state index in [4.69, 9.17) is 4.74 Å². The van der Waals surface area contributed by atoms with Crippen LogP contribution >= 0.6 is 11.3 Å². The topological polar surface area (TPSA) is 84.5 Å². The normalized spacial score (nSPS) is 10.5. The van der Waals surface area contributed by atoms with Crippen molar-refractivity contribution in [2.75, 3.05) is 19.7 Å². The molecule has 0 fully saturated rings. The van der Waals surface area contributed by atoms with Crippen molar-refractivity contribution in [3.63, 3.8) is 0 Å². The van der Waals surface area contributed by atoms with Crippen LogP contribution in [0.5, 0.6) is 0 Å². The summed E-state index contributed by atoms with van der Waals surface area (Å²) in [7, 11) is 0. The molecule has 7 heteroatoms. The molecule has 0 aliphatic heterocycles. The molecule has 0 aliphatic carbocycles. The zero-order valence-corrected chi connectivity index (χ0v) is 17.0. The van der Waals surface area contributed by atoms with Gasteiger partial charge in [0.1, 0.15) is 0 Å². The largest absolute Gasteiger partial charge is 0.456 e. The number of amides is 2. The fraction of sp³-hybridized carbons (Fsp3) is 0.381. The minimum absolute atomic E-state index is 0.0192. The van der Waals surface area contributed by atoms with Gasteiger partial charge in [0.25, 0.3) is 11.8 Å². The highest BCUT2D eigenvalue weighted by Crippen LogP contribution is 2.14. The lowest BCUT2D eigenvalue weighted by atomic mass is 10.0. The van der Waals surface area contributed by atoms with Crippen molar-refractivity contribution in [2.24, 2.45) is 0 Å². The van der Waals surface area contributed by atoms with Crippen molar-refractivity contribution in [2.45, 2.75) is 32.6 Å². The van der Waals surface area contributed by atoms with Gasteiger partial charge in [-0.05, 0) is 34.9 Å². The van der Waals surface area contributed by atoms with Gasteiger partial charge in [0.15, 0.2) is 6.61 Å². The van der Waals surface area contributed by atoms with E-state index in [0.29, 0.717) is 24.4 Å². The summed E-state index contributed by atoms with van der Waals surface area (Å²) in [6.45, 7) is 4.63. The van der Waals surface area contributed by atoms with E-state index in [1.54, 1.807) is 11.4 Å². The number of hydrogen-bond donors (Lipinski definition) is 2. The maximum Gasteiger partial charge on any atom is 0.308 e. The van der Waals surface area contributed by atoms with Gasteiger partial charge in [-0.1, -0.05) is 38.1 Å². The maximum absolute atomic E-state index is 11.8. The molecule has 2 N–H and O–H groups in total. The van der Waals surface area contributed by atoms with Gasteiger partial charge in [-0.2, -0.15) is 11.3 Å². The highest BCUT2D eigenvalue weighted by molar-refractivity contribution is 7.08. The van der Waals surface area contributed by atoms with Crippen molar-refractivity contribution in [3.05, 3.63) is 57.8 Å². The Morgan fingerprint density at radius 3 is 2.43 bits per heavy atom. The first-order valence-electron chi connectivity index (χ1n) is 9.27. The Morgan fingerprint density at radius 2 is 1.79 bits per heavy atom. The number of carbonyl (C=O) groups is 3. The Hall–Kier alpha value is -2.67. The maximum atomic E-state index is 11.8. The third-order valence-corrected chi connectivity index (χ3v) is 4.83. The lowest BCUT2D eigenvalue weighted by Gasteiger charge is -2.09. The average Bonchev–Trinajstić information content (AvgIpc) is 3.21. The fourth-order valence-corrected chi connectivity index (χ4v) is 3.09. The van der Waals surface area contributed by atoms with E-state index < -0.39 is 5.97 Å². The van der Waals surface area contributed by atoms with Crippen molar-refractivity contribution >= 4 is 29.1 Å². The molecule has 0 unspecified atom stereocenters. The molecule has 28 heavy (non-hydrogen) atoms. The number of carbonyl (C=O) groups excluding carboxylic acids is 3. The number of benzene rings is 1. The molecule has 2 rings (SSSR count). The molecular weight excluding hydrogens is 376 g/mol. The van der Waals surface area contributed by atoms with Crippen LogP contribution in [-0.4, -0.2) is 37.5 Å². The minimum Gasteiger partial charge on any atom is -0.456 e. The molecule has 2 amide bonds. The third-order valence-electron chi connectivity index (χ3n) is 4.14. The van der Waals surface area contributed by atoms with Crippen LogP contribution in [-0.2, 0) is 20.7 Å². The number of ether oxygens (including phenoxy) is 1. The Bertz CT molecular complexity index is 770. The predicted octanol–water partition coefficient (Wildman–Crippen LogP) is 2.89. The molecule has 0 saturated heterocycles. The van der Waals surface area contributed by atoms with Crippen LogP contribution in [0.25, 0.3) is 0 Å². The van der Waals surface area contributed by atoms with Crippen LogP contribution < -0.4 is 10.6 Å². The van der Waals surface area contributed by atoms with Gasteiger partial charge in [0, 0.05) is 24.0 Å². The summed E-state index contributed by atoms with van der Waals surface area (Å²) in [4.78, 5) is 35.1. The Morgan fingerprint density at radius 1 is 1.04 bits per heavy atom. The van der Waals surface area contributed by atoms with E-state index in [1.165, 1.54) is 16.9 Å². The second kappa shape index (κ2) is 11.2. The highest BCUT2D eigenvalue weighted by Gasteiger charge is 2.09. The van der Waals surface area contributed by atoms with Gasteiger partial charge in [-0.15, -0.1) is 0 Å². The smallest absolute Gasteiger partial charge is 0.308 e. The molecule has 6 nitrogen and oxygen atoms in total. The number of hydrogen-bond acceptors (Lipinski definition) is 5. The van der Waals surface area contributed by atoms with E-state index in [2.05, 4.69) is 48.7 Å². The first-order valence-corrected chi connectivity index (χ1v) is 10.2. The van der Waals surface area contributed by atoms with Crippen LogP contribution in [0.4, 0.5) is 0 Å². The minimum atomic E-state index is -0.523. The van der Waals surface area contributed by atoms with E-state index in [1.807, 2.05) is 5.38 Å². The molecule has 0 spiro atoms. The van der Waals surface area contributed by atoms with Crippen LogP contribution in [0.15, 0.2) is 41.1 Å². The van der Waals surface area contributed by atoms with Crippen LogP contribution in [0, 0.1) is 0 Å². The summed E-state index contributed by atoms with van der Waals surface area (Å²) >= 11 is 1.43. The highest BCUT2D eigenvalue weighted by atomic mass is 32.1. The molecule has 1 aromatic carbocycles. The zero-order chi connectivity index (χ0) is 20.4. The van der Waals surface area contributed by atoms with Crippen LogP contribution in [0.3, 0.4) is 0 Å². The molecule has 0 atom stereocenters. The van der Waals surface area contributed by atoms with E-state index in [9.17, 15) is 14.4 Å². The number of esters is 1. The van der Waals surface area contributed by atoms with Gasteiger partial charge in [0.2, 0.25) is 0 Å². The molecule has 0 aliphatic rings. The number of thiophene rings is 1. The lowest BCUT2D eigenvalue weighted by Crippen LogP contribution is -2.31. The first kappa shape index (κ1) is 21.6. The van der Waals surface area contributed by atoms with Crippen molar-refractivity contribution < 1.29 is 19.1 Å². The standard InChI is InChI=1S/C21H26N2O4S/c1-15(2)17-5-3-16(4-6-17)7-10-22-19(24)13-27-20(25)8-11-23-21(26)18-9-12-28-14-18/h3-6,9,12,14-15H,7-8,10-11,13H2,1-2H3,(H,22,24)(H,23,26). The Balaban J connectivity index is 1.56. The monoisotopic (exact) mass is 402 g/mol. The van der Waals surface area contributed by atoms with Crippen LogP contribution in [0.1, 0.15) is 47.7 Å². The molecule has 0 radical (unpaired) electrons. The molecule has 0 saturated carbocycles. The van der Waals surface area contributed by atoms with Gasteiger partial charge < -0.3 is 15.4 Å². The van der Waals surface area contributed by atoms with Gasteiger partial charge in [0.05, 0.1) is 6.42 Å². The summed E-state index contributed by atoms with van der Waals surface area (Å²) < 4.78 is 4.92. The zero-order valence-electron chi connectivity index (χ0n) is 16.2. The van der Waals surface area contributed by atoms with E-state index in [-0.39, 0.29) is 31.4 Å². The lowest BCUT2D eigenvalue weighted by molar-refractivity contribution is -0.148. The quantitative estimate of drug-likeness (QED) is 0.599.